The molecule has 0 bridgehead atoms. The van der Waals surface area contributed by atoms with Gasteiger partial charge >= 0.3 is 0 Å². The van der Waals surface area contributed by atoms with Crippen molar-refractivity contribution in [2.24, 2.45) is 5.73 Å². The molecule has 1 aromatic rings. The predicted molar refractivity (Wildman–Crippen MR) is 77.5 cm³/mol. The summed E-state index contributed by atoms with van der Waals surface area (Å²) in [5, 5.41) is 0. The lowest BCUT2D eigenvalue weighted by Gasteiger charge is -2.23. The van der Waals surface area contributed by atoms with E-state index in [4.69, 9.17) is 15.2 Å². The fourth-order valence-electron chi connectivity index (χ4n) is 2.64. The third kappa shape index (κ3) is 4.84. The molecule has 1 fully saturated rings. The van der Waals surface area contributed by atoms with E-state index in [1.54, 1.807) is 7.11 Å². The Morgan fingerprint density at radius 1 is 1.42 bits per heavy atom. The van der Waals surface area contributed by atoms with Gasteiger partial charge in [0.05, 0.1) is 13.2 Å². The summed E-state index contributed by atoms with van der Waals surface area (Å²) in [6.07, 6.45) is 7.18. The van der Waals surface area contributed by atoms with E-state index in [-0.39, 0.29) is 6.04 Å². The molecular weight excluding hydrogens is 238 g/mol. The van der Waals surface area contributed by atoms with Crippen LogP contribution in [0.3, 0.4) is 0 Å². The molecule has 0 radical (unpaired) electrons. The Hall–Kier alpha value is -1.06. The SMILES string of the molecule is COc1cccc(CC(N)CCC2CCCCO2)c1. The van der Waals surface area contributed by atoms with E-state index >= 15 is 0 Å². The van der Waals surface area contributed by atoms with Crippen molar-refractivity contribution >= 4 is 0 Å². The second-order valence-corrected chi connectivity index (χ2v) is 5.38. The number of nitrogens with two attached hydrogens (primary N) is 1. The van der Waals surface area contributed by atoms with Crippen LogP contribution < -0.4 is 10.5 Å². The van der Waals surface area contributed by atoms with Crippen LogP contribution in [0, 0.1) is 0 Å². The van der Waals surface area contributed by atoms with E-state index in [1.165, 1.54) is 24.8 Å². The standard InChI is InChI=1S/C16H25NO2/c1-18-16-7-4-5-13(12-16)11-14(17)8-9-15-6-2-3-10-19-15/h4-5,7,12,14-15H,2-3,6,8-11,17H2,1H3. The highest BCUT2D eigenvalue weighted by Crippen LogP contribution is 2.19. The Morgan fingerprint density at radius 2 is 2.32 bits per heavy atom. The molecule has 19 heavy (non-hydrogen) atoms. The zero-order valence-corrected chi connectivity index (χ0v) is 11.8. The van der Waals surface area contributed by atoms with E-state index in [2.05, 4.69) is 12.1 Å². The third-order valence-corrected chi connectivity index (χ3v) is 3.77. The van der Waals surface area contributed by atoms with Gasteiger partial charge in [-0.15, -0.1) is 0 Å². The van der Waals surface area contributed by atoms with Crippen molar-refractivity contribution in [3.8, 4) is 5.75 Å². The number of methoxy groups -OCH3 is 1. The van der Waals surface area contributed by atoms with Gasteiger partial charge in [0.15, 0.2) is 0 Å². The average Bonchev–Trinajstić information content (AvgIpc) is 2.46. The highest BCUT2D eigenvalue weighted by molar-refractivity contribution is 5.28. The van der Waals surface area contributed by atoms with Crippen molar-refractivity contribution in [1.29, 1.82) is 0 Å². The van der Waals surface area contributed by atoms with Gasteiger partial charge in [0.2, 0.25) is 0 Å². The molecule has 0 saturated carbocycles. The molecule has 2 atom stereocenters. The monoisotopic (exact) mass is 263 g/mol. The lowest BCUT2D eigenvalue weighted by Crippen LogP contribution is -2.27. The molecule has 1 heterocycles. The zero-order chi connectivity index (χ0) is 13.5. The fourth-order valence-corrected chi connectivity index (χ4v) is 2.64. The van der Waals surface area contributed by atoms with Crippen molar-refractivity contribution in [2.45, 2.75) is 50.7 Å². The van der Waals surface area contributed by atoms with Crippen LogP contribution in [0.4, 0.5) is 0 Å². The van der Waals surface area contributed by atoms with Crippen LogP contribution in [0.1, 0.15) is 37.7 Å². The minimum Gasteiger partial charge on any atom is -0.497 e. The van der Waals surface area contributed by atoms with Crippen LogP contribution in [0.25, 0.3) is 0 Å². The molecule has 2 rings (SSSR count). The second-order valence-electron chi connectivity index (χ2n) is 5.38. The number of hydrogen-bond acceptors (Lipinski definition) is 3. The Bertz CT molecular complexity index is 375. The Labute approximate surface area is 116 Å². The van der Waals surface area contributed by atoms with E-state index < -0.39 is 0 Å². The minimum absolute atomic E-state index is 0.206. The molecule has 1 aliphatic rings. The maximum Gasteiger partial charge on any atom is 0.119 e. The molecule has 2 unspecified atom stereocenters. The zero-order valence-electron chi connectivity index (χ0n) is 11.8. The number of rotatable bonds is 6. The first-order chi connectivity index (χ1) is 9.28. The van der Waals surface area contributed by atoms with Gasteiger partial charge in [-0.2, -0.15) is 0 Å². The molecule has 0 amide bonds. The topological polar surface area (TPSA) is 44.5 Å². The van der Waals surface area contributed by atoms with E-state index in [1.807, 2.05) is 12.1 Å². The van der Waals surface area contributed by atoms with Gasteiger partial charge in [-0.1, -0.05) is 12.1 Å². The van der Waals surface area contributed by atoms with Gasteiger partial charge in [-0.25, -0.2) is 0 Å². The summed E-state index contributed by atoms with van der Waals surface area (Å²) >= 11 is 0. The van der Waals surface area contributed by atoms with Crippen LogP contribution >= 0.6 is 0 Å². The first kappa shape index (κ1) is 14.4. The molecule has 0 aliphatic carbocycles. The van der Waals surface area contributed by atoms with Crippen molar-refractivity contribution in [1.82, 2.24) is 0 Å². The van der Waals surface area contributed by atoms with Crippen molar-refractivity contribution in [2.75, 3.05) is 13.7 Å². The van der Waals surface area contributed by atoms with Gasteiger partial charge in [0.25, 0.3) is 0 Å². The Kier molecular flexibility index (Phi) is 5.67. The Morgan fingerprint density at radius 3 is 3.05 bits per heavy atom. The highest BCUT2D eigenvalue weighted by atomic mass is 16.5. The molecule has 1 saturated heterocycles. The molecular formula is C16H25NO2. The average molecular weight is 263 g/mol. The summed E-state index contributed by atoms with van der Waals surface area (Å²) in [6, 6.07) is 8.37. The molecule has 1 aliphatic heterocycles. The van der Waals surface area contributed by atoms with Crippen molar-refractivity contribution < 1.29 is 9.47 Å². The molecule has 106 valence electrons. The van der Waals surface area contributed by atoms with Gasteiger partial charge < -0.3 is 15.2 Å². The molecule has 0 spiro atoms. The normalized spacial score (nSPS) is 21.1. The number of ether oxygens (including phenoxy) is 2. The fraction of sp³-hybridized carbons (Fsp3) is 0.625. The molecule has 2 N–H and O–H groups in total. The molecule has 3 heteroatoms. The smallest absolute Gasteiger partial charge is 0.119 e. The predicted octanol–water partition coefficient (Wildman–Crippen LogP) is 2.91. The quantitative estimate of drug-likeness (QED) is 0.858. The van der Waals surface area contributed by atoms with Crippen LogP contribution in [0.2, 0.25) is 0 Å². The minimum atomic E-state index is 0.206. The van der Waals surface area contributed by atoms with Crippen LogP contribution in [-0.4, -0.2) is 25.9 Å². The maximum atomic E-state index is 6.22. The van der Waals surface area contributed by atoms with E-state index in [0.717, 1.165) is 31.6 Å². The van der Waals surface area contributed by atoms with Gasteiger partial charge in [0.1, 0.15) is 5.75 Å². The first-order valence-corrected chi connectivity index (χ1v) is 7.28. The van der Waals surface area contributed by atoms with E-state index in [9.17, 15) is 0 Å². The summed E-state index contributed by atoms with van der Waals surface area (Å²) < 4.78 is 11.0. The lowest BCUT2D eigenvalue weighted by molar-refractivity contribution is 0.00915. The third-order valence-electron chi connectivity index (χ3n) is 3.77. The first-order valence-electron chi connectivity index (χ1n) is 7.28. The largest absolute Gasteiger partial charge is 0.497 e. The second kappa shape index (κ2) is 7.51. The highest BCUT2D eigenvalue weighted by Gasteiger charge is 2.15. The summed E-state index contributed by atoms with van der Waals surface area (Å²) in [6.45, 7) is 0.926. The van der Waals surface area contributed by atoms with Crippen LogP contribution in [0.15, 0.2) is 24.3 Å². The molecule has 1 aromatic carbocycles. The summed E-state index contributed by atoms with van der Waals surface area (Å²) in [7, 11) is 1.69. The van der Waals surface area contributed by atoms with Gasteiger partial charge in [-0.05, 0) is 56.2 Å². The van der Waals surface area contributed by atoms with Crippen LogP contribution in [0.5, 0.6) is 5.75 Å². The maximum absolute atomic E-state index is 6.22. The van der Waals surface area contributed by atoms with E-state index in [0.29, 0.717) is 6.10 Å². The van der Waals surface area contributed by atoms with Crippen molar-refractivity contribution in [3.05, 3.63) is 29.8 Å². The number of benzene rings is 1. The summed E-state index contributed by atoms with van der Waals surface area (Å²) in [4.78, 5) is 0. The molecule has 3 nitrogen and oxygen atoms in total. The van der Waals surface area contributed by atoms with Gasteiger partial charge in [0, 0.05) is 12.6 Å². The van der Waals surface area contributed by atoms with Crippen LogP contribution in [-0.2, 0) is 11.2 Å². The van der Waals surface area contributed by atoms with Crippen molar-refractivity contribution in [3.63, 3.8) is 0 Å². The summed E-state index contributed by atoms with van der Waals surface area (Å²) in [5.41, 5.74) is 7.46. The number of hydrogen-bond donors (Lipinski definition) is 1. The summed E-state index contributed by atoms with van der Waals surface area (Å²) in [5.74, 6) is 0.903. The lowest BCUT2D eigenvalue weighted by atomic mass is 9.98. The molecule has 0 aromatic heterocycles. The Balaban J connectivity index is 1.75. The van der Waals surface area contributed by atoms with Gasteiger partial charge in [-0.3, -0.25) is 0 Å².